The topological polar surface area (TPSA) is 72.2 Å². The summed E-state index contributed by atoms with van der Waals surface area (Å²) in [6, 6.07) is 5.18. The van der Waals surface area contributed by atoms with Gasteiger partial charge in [0.05, 0.1) is 11.4 Å². The van der Waals surface area contributed by atoms with Crippen molar-refractivity contribution in [1.29, 1.82) is 0 Å². The van der Waals surface area contributed by atoms with E-state index in [2.05, 4.69) is 16.6 Å². The fourth-order valence-electron chi connectivity index (χ4n) is 2.17. The zero-order chi connectivity index (χ0) is 15.3. The predicted molar refractivity (Wildman–Crippen MR) is 87.7 cm³/mol. The second kappa shape index (κ2) is 7.32. The molecule has 1 aliphatic heterocycles. The normalized spacial score (nSPS) is 18.3. The Balaban J connectivity index is 2.21. The predicted octanol–water partition coefficient (Wildman–Crippen LogP) is 1.34. The van der Waals surface area contributed by atoms with Crippen molar-refractivity contribution in [3.05, 3.63) is 29.3 Å². The number of hydrogen-bond acceptors (Lipinski definition) is 4. The fourth-order valence-corrected chi connectivity index (χ4v) is 4.71. The van der Waals surface area contributed by atoms with Gasteiger partial charge in [-0.3, -0.25) is 0 Å². The van der Waals surface area contributed by atoms with Gasteiger partial charge in [-0.15, -0.1) is 0 Å². The number of benzene rings is 1. The molecule has 0 radical (unpaired) electrons. The smallest absolute Gasteiger partial charge is 0.241 e. The van der Waals surface area contributed by atoms with Gasteiger partial charge in [-0.25, -0.2) is 13.1 Å². The standard InChI is InChI=1S/C15H20N2O2S2/c1-12-4-5-15(14(9-12)3-2-7-16)21(18,19)17-10-13-6-8-20-11-13/h4-5,9,13,17H,6-8,10-11,16H2,1H3. The summed E-state index contributed by atoms with van der Waals surface area (Å²) in [4.78, 5) is 0.236. The van der Waals surface area contributed by atoms with Crippen molar-refractivity contribution in [1.82, 2.24) is 4.72 Å². The number of nitrogens with one attached hydrogen (secondary N) is 1. The van der Waals surface area contributed by atoms with Crippen LogP contribution in [-0.2, 0) is 10.0 Å². The zero-order valence-electron chi connectivity index (χ0n) is 12.1. The molecule has 1 saturated heterocycles. The second-order valence-electron chi connectivity index (χ2n) is 5.09. The summed E-state index contributed by atoms with van der Waals surface area (Å²) in [5.41, 5.74) is 6.86. The van der Waals surface area contributed by atoms with E-state index >= 15 is 0 Å². The molecule has 1 unspecified atom stereocenters. The molecule has 0 spiro atoms. The molecule has 114 valence electrons. The van der Waals surface area contributed by atoms with Gasteiger partial charge in [0.25, 0.3) is 0 Å². The van der Waals surface area contributed by atoms with Gasteiger partial charge >= 0.3 is 0 Å². The van der Waals surface area contributed by atoms with Crippen molar-refractivity contribution >= 4 is 21.8 Å². The SMILES string of the molecule is Cc1ccc(S(=O)(=O)NCC2CCSC2)c(C#CCN)c1. The molecule has 4 nitrogen and oxygen atoms in total. The molecule has 1 aliphatic rings. The van der Waals surface area contributed by atoms with Crippen LogP contribution in [0.25, 0.3) is 0 Å². The van der Waals surface area contributed by atoms with Gasteiger partial charge in [-0.1, -0.05) is 17.9 Å². The van der Waals surface area contributed by atoms with Crippen molar-refractivity contribution in [3.63, 3.8) is 0 Å². The minimum Gasteiger partial charge on any atom is -0.320 e. The third-order valence-electron chi connectivity index (χ3n) is 3.34. The Hall–Kier alpha value is -1.00. The summed E-state index contributed by atoms with van der Waals surface area (Å²) in [6.45, 7) is 2.61. The van der Waals surface area contributed by atoms with E-state index in [0.717, 1.165) is 23.5 Å². The molecule has 1 heterocycles. The van der Waals surface area contributed by atoms with Gasteiger partial charge in [0.1, 0.15) is 0 Å². The van der Waals surface area contributed by atoms with Crippen LogP contribution < -0.4 is 10.5 Å². The Bertz CT molecular complexity index is 654. The van der Waals surface area contributed by atoms with E-state index < -0.39 is 10.0 Å². The molecule has 2 rings (SSSR count). The van der Waals surface area contributed by atoms with Crippen LogP contribution in [0.1, 0.15) is 17.5 Å². The average Bonchev–Trinajstić information content (AvgIpc) is 2.96. The maximum atomic E-state index is 12.5. The Kier molecular flexibility index (Phi) is 5.71. The Labute approximate surface area is 130 Å². The molecule has 1 atom stereocenters. The number of rotatable bonds is 4. The van der Waals surface area contributed by atoms with Crippen LogP contribution in [0.2, 0.25) is 0 Å². The first-order valence-electron chi connectivity index (χ1n) is 6.90. The Morgan fingerprint density at radius 1 is 1.48 bits per heavy atom. The summed E-state index contributed by atoms with van der Waals surface area (Å²) in [7, 11) is -3.53. The van der Waals surface area contributed by atoms with Crippen LogP contribution in [0.15, 0.2) is 23.1 Å². The highest BCUT2D eigenvalue weighted by atomic mass is 32.2. The van der Waals surface area contributed by atoms with Crippen molar-refractivity contribution in [2.45, 2.75) is 18.2 Å². The molecule has 21 heavy (non-hydrogen) atoms. The molecule has 0 aromatic heterocycles. The van der Waals surface area contributed by atoms with Gasteiger partial charge in [-0.2, -0.15) is 11.8 Å². The second-order valence-corrected chi connectivity index (χ2v) is 7.97. The quantitative estimate of drug-likeness (QED) is 0.820. The lowest BCUT2D eigenvalue weighted by Crippen LogP contribution is -2.30. The molecule has 0 bridgehead atoms. The lowest BCUT2D eigenvalue weighted by Gasteiger charge is -2.12. The van der Waals surface area contributed by atoms with Crippen molar-refractivity contribution in [2.75, 3.05) is 24.6 Å². The third-order valence-corrected chi connectivity index (χ3v) is 6.05. The van der Waals surface area contributed by atoms with E-state index in [-0.39, 0.29) is 11.4 Å². The molecule has 1 aromatic carbocycles. The summed E-state index contributed by atoms with van der Waals surface area (Å²) in [5.74, 6) is 8.14. The summed E-state index contributed by atoms with van der Waals surface area (Å²) in [6.07, 6.45) is 1.07. The summed E-state index contributed by atoms with van der Waals surface area (Å²) < 4.78 is 27.6. The fraction of sp³-hybridized carbons (Fsp3) is 0.467. The highest BCUT2D eigenvalue weighted by Crippen LogP contribution is 2.23. The summed E-state index contributed by atoms with van der Waals surface area (Å²) >= 11 is 1.87. The van der Waals surface area contributed by atoms with Gasteiger partial charge in [0, 0.05) is 12.1 Å². The molecule has 0 saturated carbocycles. The zero-order valence-corrected chi connectivity index (χ0v) is 13.7. The van der Waals surface area contributed by atoms with Crippen molar-refractivity contribution < 1.29 is 8.42 Å². The van der Waals surface area contributed by atoms with Crippen LogP contribution in [-0.4, -0.2) is 33.0 Å². The summed E-state index contributed by atoms with van der Waals surface area (Å²) in [5, 5.41) is 0. The Morgan fingerprint density at radius 2 is 2.29 bits per heavy atom. The van der Waals surface area contributed by atoms with E-state index in [9.17, 15) is 8.42 Å². The first-order chi connectivity index (χ1) is 10.0. The van der Waals surface area contributed by atoms with Gasteiger partial charge < -0.3 is 5.73 Å². The maximum Gasteiger partial charge on any atom is 0.241 e. The molecular formula is C15H20N2O2S2. The monoisotopic (exact) mass is 324 g/mol. The minimum absolute atomic E-state index is 0.208. The van der Waals surface area contributed by atoms with Gasteiger partial charge in [-0.05, 0) is 48.5 Å². The first kappa shape index (κ1) is 16.4. The lowest BCUT2D eigenvalue weighted by molar-refractivity contribution is 0.545. The highest BCUT2D eigenvalue weighted by molar-refractivity contribution is 7.99. The molecule has 0 aliphatic carbocycles. The van der Waals surface area contributed by atoms with Crippen molar-refractivity contribution in [3.8, 4) is 11.8 Å². The van der Waals surface area contributed by atoms with Gasteiger partial charge in [0.15, 0.2) is 0 Å². The van der Waals surface area contributed by atoms with E-state index in [1.54, 1.807) is 18.2 Å². The minimum atomic E-state index is -3.53. The molecule has 0 amide bonds. The number of nitrogens with two attached hydrogens (primary N) is 1. The first-order valence-corrected chi connectivity index (χ1v) is 9.53. The number of thioether (sulfide) groups is 1. The van der Waals surface area contributed by atoms with Crippen LogP contribution in [0, 0.1) is 24.7 Å². The molecular weight excluding hydrogens is 304 g/mol. The molecule has 3 N–H and O–H groups in total. The molecule has 1 aromatic rings. The molecule has 1 fully saturated rings. The number of hydrogen-bond donors (Lipinski definition) is 2. The maximum absolute atomic E-state index is 12.5. The lowest BCUT2D eigenvalue weighted by atomic mass is 10.1. The number of sulfonamides is 1. The van der Waals surface area contributed by atoms with E-state index in [1.807, 2.05) is 18.7 Å². The molecule has 6 heteroatoms. The highest BCUT2D eigenvalue weighted by Gasteiger charge is 2.21. The van der Waals surface area contributed by atoms with Gasteiger partial charge in [0.2, 0.25) is 10.0 Å². The van der Waals surface area contributed by atoms with E-state index in [1.165, 1.54) is 0 Å². The van der Waals surface area contributed by atoms with E-state index in [4.69, 9.17) is 5.73 Å². The van der Waals surface area contributed by atoms with Crippen LogP contribution in [0.3, 0.4) is 0 Å². The van der Waals surface area contributed by atoms with Crippen LogP contribution in [0.4, 0.5) is 0 Å². The van der Waals surface area contributed by atoms with Crippen molar-refractivity contribution in [2.24, 2.45) is 11.7 Å². The Morgan fingerprint density at radius 3 is 2.95 bits per heavy atom. The number of aryl methyl sites for hydroxylation is 1. The van der Waals surface area contributed by atoms with Crippen LogP contribution >= 0.6 is 11.8 Å². The average molecular weight is 324 g/mol. The van der Waals surface area contributed by atoms with E-state index in [0.29, 0.717) is 18.0 Å². The third kappa shape index (κ3) is 4.48. The van der Waals surface area contributed by atoms with Crippen LogP contribution in [0.5, 0.6) is 0 Å². The largest absolute Gasteiger partial charge is 0.320 e.